The van der Waals surface area contributed by atoms with Crippen molar-refractivity contribution in [1.29, 1.82) is 0 Å². The molecule has 104 valence electrons. The van der Waals surface area contributed by atoms with E-state index in [2.05, 4.69) is 15.2 Å². The molecular weight excluding hydrogens is 266 g/mol. The second-order valence-corrected chi connectivity index (χ2v) is 4.69. The molecular formula is C16H13N3O2. The van der Waals surface area contributed by atoms with Crippen LogP contribution >= 0.6 is 0 Å². The summed E-state index contributed by atoms with van der Waals surface area (Å²) in [4.78, 5) is 4.37. The lowest BCUT2D eigenvalue weighted by molar-refractivity contribution is 0.448. The van der Waals surface area contributed by atoms with Gasteiger partial charge in [0, 0.05) is 11.5 Å². The normalized spacial score (nSPS) is 11.3. The van der Waals surface area contributed by atoms with E-state index in [1.54, 1.807) is 19.1 Å². The van der Waals surface area contributed by atoms with E-state index in [0.717, 1.165) is 10.9 Å². The van der Waals surface area contributed by atoms with Crippen LogP contribution < -0.4 is 0 Å². The average molecular weight is 279 g/mol. The van der Waals surface area contributed by atoms with E-state index in [4.69, 9.17) is 0 Å². The first-order chi connectivity index (χ1) is 10.1. The molecule has 0 aliphatic rings. The van der Waals surface area contributed by atoms with Crippen molar-refractivity contribution in [3.8, 4) is 11.5 Å². The standard InChI is InChI=1S/C16H13N3O2/c1-10-8-13(15(21)9-14(10)20)18-19-16-7-6-11-4-2-3-5-12(11)17-16/h2-9,20-21H,1H3. The number of hydrogen-bond acceptors (Lipinski definition) is 5. The summed E-state index contributed by atoms with van der Waals surface area (Å²) in [5, 5.41) is 28.3. The maximum atomic E-state index is 9.73. The Hall–Kier alpha value is -2.95. The molecule has 0 saturated carbocycles. The fourth-order valence-electron chi connectivity index (χ4n) is 1.97. The van der Waals surface area contributed by atoms with E-state index in [0.29, 0.717) is 17.1 Å². The molecule has 3 aromatic rings. The predicted molar refractivity (Wildman–Crippen MR) is 80.4 cm³/mol. The van der Waals surface area contributed by atoms with E-state index in [9.17, 15) is 10.2 Å². The van der Waals surface area contributed by atoms with Crippen LogP contribution in [0.3, 0.4) is 0 Å². The van der Waals surface area contributed by atoms with Crippen molar-refractivity contribution in [3.63, 3.8) is 0 Å². The van der Waals surface area contributed by atoms with Gasteiger partial charge in [0.25, 0.3) is 0 Å². The number of phenols is 2. The summed E-state index contributed by atoms with van der Waals surface area (Å²) in [5.74, 6) is 0.358. The van der Waals surface area contributed by atoms with Gasteiger partial charge in [-0.25, -0.2) is 4.98 Å². The molecule has 0 aliphatic carbocycles. The Labute approximate surface area is 121 Å². The number of aryl methyl sites for hydroxylation is 1. The fourth-order valence-corrected chi connectivity index (χ4v) is 1.97. The molecule has 21 heavy (non-hydrogen) atoms. The Morgan fingerprint density at radius 1 is 0.905 bits per heavy atom. The second kappa shape index (κ2) is 5.20. The summed E-state index contributed by atoms with van der Waals surface area (Å²) in [6, 6.07) is 14.2. The Morgan fingerprint density at radius 2 is 1.71 bits per heavy atom. The lowest BCUT2D eigenvalue weighted by Gasteiger charge is -2.02. The number of rotatable bonds is 2. The third kappa shape index (κ3) is 2.67. The van der Waals surface area contributed by atoms with Crippen LogP contribution in [0.1, 0.15) is 5.56 Å². The van der Waals surface area contributed by atoms with Crippen molar-refractivity contribution < 1.29 is 10.2 Å². The van der Waals surface area contributed by atoms with Crippen molar-refractivity contribution in [2.24, 2.45) is 10.2 Å². The van der Waals surface area contributed by atoms with E-state index >= 15 is 0 Å². The minimum Gasteiger partial charge on any atom is -0.508 e. The van der Waals surface area contributed by atoms with Crippen molar-refractivity contribution in [3.05, 3.63) is 54.1 Å². The first-order valence-electron chi connectivity index (χ1n) is 6.43. The summed E-state index contributed by atoms with van der Waals surface area (Å²) in [5.41, 5.74) is 1.74. The van der Waals surface area contributed by atoms with Gasteiger partial charge in [-0.2, -0.15) is 0 Å². The third-order valence-electron chi connectivity index (χ3n) is 3.14. The van der Waals surface area contributed by atoms with Gasteiger partial charge in [-0.3, -0.25) is 0 Å². The summed E-state index contributed by atoms with van der Waals surface area (Å²) < 4.78 is 0. The maximum absolute atomic E-state index is 9.73. The van der Waals surface area contributed by atoms with Crippen LogP contribution in [0.5, 0.6) is 11.5 Å². The quantitative estimate of drug-likeness (QED) is 0.684. The highest BCUT2D eigenvalue weighted by molar-refractivity contribution is 5.79. The van der Waals surface area contributed by atoms with E-state index < -0.39 is 0 Å². The number of hydrogen-bond donors (Lipinski definition) is 2. The molecule has 0 saturated heterocycles. The molecule has 0 spiro atoms. The van der Waals surface area contributed by atoms with Gasteiger partial charge in [0.05, 0.1) is 5.52 Å². The number of para-hydroxylation sites is 1. The lowest BCUT2D eigenvalue weighted by Crippen LogP contribution is -1.78. The van der Waals surface area contributed by atoms with Crippen LogP contribution in [0.4, 0.5) is 11.5 Å². The Balaban J connectivity index is 1.96. The van der Waals surface area contributed by atoms with Gasteiger partial charge in [-0.15, -0.1) is 10.2 Å². The molecule has 0 atom stereocenters. The van der Waals surface area contributed by atoms with Gasteiger partial charge < -0.3 is 10.2 Å². The van der Waals surface area contributed by atoms with E-state index in [1.807, 2.05) is 30.3 Å². The lowest BCUT2D eigenvalue weighted by atomic mass is 10.2. The molecule has 2 N–H and O–H groups in total. The molecule has 5 heteroatoms. The molecule has 0 unspecified atom stereocenters. The monoisotopic (exact) mass is 279 g/mol. The zero-order chi connectivity index (χ0) is 14.8. The Bertz CT molecular complexity index is 844. The first kappa shape index (κ1) is 13.1. The van der Waals surface area contributed by atoms with Crippen LogP contribution in [0.15, 0.2) is 58.8 Å². The van der Waals surface area contributed by atoms with Gasteiger partial charge in [-0.1, -0.05) is 18.2 Å². The summed E-state index contributed by atoms with van der Waals surface area (Å²) >= 11 is 0. The molecule has 1 aromatic heterocycles. The molecule has 1 heterocycles. The molecule has 0 radical (unpaired) electrons. The van der Waals surface area contributed by atoms with E-state index in [-0.39, 0.29) is 11.5 Å². The highest BCUT2D eigenvalue weighted by Crippen LogP contribution is 2.33. The molecule has 5 nitrogen and oxygen atoms in total. The van der Waals surface area contributed by atoms with Gasteiger partial charge in [0.15, 0.2) is 5.82 Å². The number of nitrogens with zero attached hydrogens (tertiary/aromatic N) is 3. The maximum Gasteiger partial charge on any atom is 0.174 e. The number of pyridine rings is 1. The van der Waals surface area contributed by atoms with Crippen molar-refractivity contribution in [1.82, 2.24) is 4.98 Å². The fraction of sp³-hybridized carbons (Fsp3) is 0.0625. The molecule has 0 fully saturated rings. The van der Waals surface area contributed by atoms with Crippen molar-refractivity contribution in [2.45, 2.75) is 6.92 Å². The van der Waals surface area contributed by atoms with Gasteiger partial charge in [-0.05, 0) is 36.8 Å². The number of benzene rings is 2. The largest absolute Gasteiger partial charge is 0.508 e. The second-order valence-electron chi connectivity index (χ2n) is 4.69. The van der Waals surface area contributed by atoms with Gasteiger partial charge in [0.2, 0.25) is 0 Å². The van der Waals surface area contributed by atoms with Crippen molar-refractivity contribution in [2.75, 3.05) is 0 Å². The molecule has 0 aliphatic heterocycles. The number of aromatic nitrogens is 1. The molecule has 3 rings (SSSR count). The van der Waals surface area contributed by atoms with E-state index in [1.165, 1.54) is 6.07 Å². The Morgan fingerprint density at radius 3 is 2.57 bits per heavy atom. The zero-order valence-corrected chi connectivity index (χ0v) is 11.4. The number of azo groups is 1. The number of phenolic OH excluding ortho intramolecular Hbond substituents is 2. The van der Waals surface area contributed by atoms with Gasteiger partial charge >= 0.3 is 0 Å². The zero-order valence-electron chi connectivity index (χ0n) is 11.4. The Kier molecular flexibility index (Phi) is 3.23. The summed E-state index contributed by atoms with van der Waals surface area (Å²) in [7, 11) is 0. The summed E-state index contributed by atoms with van der Waals surface area (Å²) in [6.45, 7) is 1.72. The highest BCUT2D eigenvalue weighted by atomic mass is 16.3. The summed E-state index contributed by atoms with van der Waals surface area (Å²) in [6.07, 6.45) is 0. The average Bonchev–Trinajstić information content (AvgIpc) is 2.49. The topological polar surface area (TPSA) is 78.1 Å². The number of fused-ring (bicyclic) bond motifs is 1. The minimum absolute atomic E-state index is 0.0234. The first-order valence-corrected chi connectivity index (χ1v) is 6.43. The van der Waals surface area contributed by atoms with Crippen molar-refractivity contribution >= 4 is 22.4 Å². The van der Waals surface area contributed by atoms with Crippen LogP contribution in [0.2, 0.25) is 0 Å². The number of aromatic hydroxyl groups is 2. The third-order valence-corrected chi connectivity index (χ3v) is 3.14. The molecule has 0 amide bonds. The van der Waals surface area contributed by atoms with Gasteiger partial charge in [0.1, 0.15) is 17.2 Å². The predicted octanol–water partition coefficient (Wildman–Crippen LogP) is 4.37. The van der Waals surface area contributed by atoms with Crippen LogP contribution in [-0.2, 0) is 0 Å². The minimum atomic E-state index is -0.123. The SMILES string of the molecule is Cc1cc(N=Nc2ccc3ccccc3n2)c(O)cc1O. The molecule has 2 aromatic carbocycles. The van der Waals surface area contributed by atoms with Crippen LogP contribution in [0, 0.1) is 6.92 Å². The van der Waals surface area contributed by atoms with Crippen LogP contribution in [0.25, 0.3) is 10.9 Å². The smallest absolute Gasteiger partial charge is 0.174 e. The highest BCUT2D eigenvalue weighted by Gasteiger charge is 2.05. The molecule has 0 bridgehead atoms. The van der Waals surface area contributed by atoms with Crippen LogP contribution in [-0.4, -0.2) is 15.2 Å².